The van der Waals surface area contributed by atoms with E-state index in [0.717, 1.165) is 96.3 Å². The Morgan fingerprint density at radius 2 is 1.02 bits per heavy atom. The van der Waals surface area contributed by atoms with Crippen LogP contribution in [0.2, 0.25) is 0 Å². The Morgan fingerprint density at radius 1 is 0.564 bits per heavy atom. The Kier molecular flexibility index (Phi) is 35.9. The van der Waals surface area contributed by atoms with Crippen LogP contribution in [0.1, 0.15) is 168 Å². The highest BCUT2D eigenvalue weighted by Gasteiger charge is 2.25. The molecule has 0 aromatic carbocycles. The van der Waals surface area contributed by atoms with Crippen LogP contribution in [-0.4, -0.2) is 75.5 Å². The minimum absolute atomic E-state index is 0.0298. The van der Waals surface area contributed by atoms with E-state index in [1.807, 2.05) is 0 Å². The summed E-state index contributed by atoms with van der Waals surface area (Å²) in [5.74, 6) is -1.77. The Labute approximate surface area is 337 Å². The third-order valence-electron chi connectivity index (χ3n) is 9.39. The Balaban J connectivity index is 4.39. The van der Waals surface area contributed by atoms with Gasteiger partial charge < -0.3 is 28.6 Å². The zero-order chi connectivity index (χ0) is 40.7. The van der Waals surface area contributed by atoms with Crippen molar-refractivity contribution in [1.29, 1.82) is 0 Å². The summed E-state index contributed by atoms with van der Waals surface area (Å²) in [5.41, 5.74) is 0. The van der Waals surface area contributed by atoms with Gasteiger partial charge in [-0.15, -0.1) is 0 Å². The Bertz CT molecular complexity index is 1090. The van der Waals surface area contributed by atoms with E-state index in [1.165, 1.54) is 38.5 Å². The predicted molar refractivity (Wildman–Crippen MR) is 226 cm³/mol. The van der Waals surface area contributed by atoms with Gasteiger partial charge in [-0.05, 0) is 70.6 Å². The molecule has 0 bridgehead atoms. The second kappa shape index (κ2) is 37.9. The first-order valence-corrected chi connectivity index (χ1v) is 21.8. The summed E-state index contributed by atoms with van der Waals surface area (Å²) in [5, 5.41) is 11.6. The molecular formula is C47H81NO7. The number of carboxylic acid groups (broad SMARTS) is 1. The molecule has 0 spiro atoms. The monoisotopic (exact) mass is 772 g/mol. The van der Waals surface area contributed by atoms with E-state index < -0.39 is 18.1 Å². The highest BCUT2D eigenvalue weighted by Crippen LogP contribution is 2.13. The molecule has 55 heavy (non-hydrogen) atoms. The fraction of sp³-hybridized carbons (Fsp3) is 0.723. The molecular weight excluding hydrogens is 691 g/mol. The zero-order valence-electron chi connectivity index (χ0n) is 35.8. The van der Waals surface area contributed by atoms with Crippen molar-refractivity contribution in [3.63, 3.8) is 0 Å². The highest BCUT2D eigenvalue weighted by molar-refractivity contribution is 5.70. The van der Waals surface area contributed by atoms with Gasteiger partial charge in [0.2, 0.25) is 0 Å². The summed E-state index contributed by atoms with van der Waals surface area (Å²) in [6, 6.07) is -0.731. The van der Waals surface area contributed by atoms with Crippen LogP contribution >= 0.6 is 0 Å². The van der Waals surface area contributed by atoms with Crippen LogP contribution in [0, 0.1) is 0 Å². The average Bonchev–Trinajstić information content (AvgIpc) is 3.14. The summed E-state index contributed by atoms with van der Waals surface area (Å²) in [4.78, 5) is 36.8. The van der Waals surface area contributed by atoms with Crippen molar-refractivity contribution in [2.24, 2.45) is 0 Å². The molecule has 8 heteroatoms. The van der Waals surface area contributed by atoms with Gasteiger partial charge in [-0.25, -0.2) is 0 Å². The van der Waals surface area contributed by atoms with Crippen LogP contribution in [-0.2, 0) is 28.6 Å². The second-order valence-corrected chi connectivity index (χ2v) is 15.5. The first-order valence-electron chi connectivity index (χ1n) is 21.8. The fourth-order valence-corrected chi connectivity index (χ4v) is 5.98. The molecule has 8 nitrogen and oxygen atoms in total. The maximum absolute atomic E-state index is 12.7. The van der Waals surface area contributed by atoms with Gasteiger partial charge in [0.15, 0.2) is 6.10 Å². The quantitative estimate of drug-likeness (QED) is 0.0266. The van der Waals surface area contributed by atoms with Gasteiger partial charge in [0, 0.05) is 19.3 Å². The maximum atomic E-state index is 12.7. The van der Waals surface area contributed by atoms with Gasteiger partial charge in [0.05, 0.1) is 40.3 Å². The summed E-state index contributed by atoms with van der Waals surface area (Å²) < 4.78 is 17.1. The molecule has 0 radical (unpaired) electrons. The molecule has 0 aromatic rings. The van der Waals surface area contributed by atoms with E-state index in [2.05, 4.69) is 74.6 Å². The summed E-state index contributed by atoms with van der Waals surface area (Å²) in [7, 11) is 5.39. The number of rotatable bonds is 38. The Morgan fingerprint density at radius 3 is 1.51 bits per heavy atom. The van der Waals surface area contributed by atoms with Crippen molar-refractivity contribution in [2.75, 3.05) is 41.0 Å². The number of carbonyl (C=O) groups excluding carboxylic acids is 3. The van der Waals surface area contributed by atoms with Gasteiger partial charge in [0.1, 0.15) is 12.6 Å². The molecule has 0 fully saturated rings. The fourth-order valence-electron chi connectivity index (χ4n) is 5.98. The third kappa shape index (κ3) is 36.4. The topological polar surface area (TPSA) is 102 Å². The number of carboxylic acids is 1. The van der Waals surface area contributed by atoms with E-state index in [-0.39, 0.29) is 42.7 Å². The number of esters is 2. The van der Waals surface area contributed by atoms with E-state index in [1.54, 1.807) is 21.1 Å². The second-order valence-electron chi connectivity index (χ2n) is 15.5. The molecule has 0 rings (SSSR count). The van der Waals surface area contributed by atoms with Gasteiger partial charge in [-0.2, -0.15) is 0 Å². The van der Waals surface area contributed by atoms with Crippen molar-refractivity contribution in [3.05, 3.63) is 60.8 Å². The minimum Gasteiger partial charge on any atom is -0.544 e. The van der Waals surface area contributed by atoms with Crippen LogP contribution in [0.5, 0.6) is 0 Å². The van der Waals surface area contributed by atoms with Crippen molar-refractivity contribution >= 4 is 17.9 Å². The zero-order valence-corrected chi connectivity index (χ0v) is 35.8. The number of likely N-dealkylation sites (N-methyl/N-ethyl adjacent to an activating group) is 1. The molecule has 0 N–H and O–H groups in total. The lowest BCUT2D eigenvalue weighted by molar-refractivity contribution is -0.889. The maximum Gasteiger partial charge on any atom is 0.306 e. The molecule has 0 saturated carbocycles. The van der Waals surface area contributed by atoms with Crippen molar-refractivity contribution < 1.29 is 38.2 Å². The van der Waals surface area contributed by atoms with Gasteiger partial charge in [0.25, 0.3) is 0 Å². The minimum atomic E-state index is -1.13. The first-order chi connectivity index (χ1) is 26.6. The number of nitrogens with zero attached hydrogens (tertiary/aromatic N) is 1. The molecule has 0 heterocycles. The van der Waals surface area contributed by atoms with Crippen LogP contribution < -0.4 is 5.11 Å². The van der Waals surface area contributed by atoms with Crippen LogP contribution in [0.4, 0.5) is 0 Å². The number of unbranched alkanes of at least 4 members (excludes halogenated alkanes) is 14. The molecule has 0 aliphatic carbocycles. The molecule has 0 aromatic heterocycles. The van der Waals surface area contributed by atoms with Crippen molar-refractivity contribution in [3.8, 4) is 0 Å². The number of ether oxygens (including phenoxy) is 3. The lowest BCUT2D eigenvalue weighted by Gasteiger charge is -2.34. The van der Waals surface area contributed by atoms with E-state index in [4.69, 9.17) is 14.2 Å². The molecule has 0 aliphatic heterocycles. The molecule has 0 amide bonds. The Hall–Kier alpha value is -2.97. The lowest BCUT2D eigenvalue weighted by Crippen LogP contribution is -2.55. The standard InChI is InChI=1S/C47H81NO7/c1-6-8-10-12-14-16-18-20-22-23-24-26-28-30-32-34-36-38-46(50)55-43(41-53-40-39-44(47(51)52)48(3,4)5)42-54-45(49)37-35-33-31-29-27-25-21-19-17-15-13-11-9-7-2/h8,10,13-16,19-22,43-44H,6-7,9,11-12,17-18,23-42H2,1-5H3/b10-8-,15-13-,16-14-,21-19-,22-20-. The number of hydrogen-bond donors (Lipinski definition) is 0. The summed E-state index contributed by atoms with van der Waals surface area (Å²) >= 11 is 0. The summed E-state index contributed by atoms with van der Waals surface area (Å²) in [6.45, 7) is 4.47. The van der Waals surface area contributed by atoms with Crippen LogP contribution in [0.25, 0.3) is 0 Å². The molecule has 316 valence electrons. The number of carbonyl (C=O) groups is 3. The van der Waals surface area contributed by atoms with Crippen molar-refractivity contribution in [1.82, 2.24) is 0 Å². The largest absolute Gasteiger partial charge is 0.544 e. The van der Waals surface area contributed by atoms with E-state index >= 15 is 0 Å². The summed E-state index contributed by atoms with van der Waals surface area (Å²) in [6.07, 6.45) is 45.2. The van der Waals surface area contributed by atoms with Gasteiger partial charge in [-0.3, -0.25) is 9.59 Å². The van der Waals surface area contributed by atoms with Gasteiger partial charge in [-0.1, -0.05) is 139 Å². The number of quaternary nitrogens is 1. The van der Waals surface area contributed by atoms with Gasteiger partial charge >= 0.3 is 11.9 Å². The normalized spacial score (nSPS) is 13.5. The SMILES string of the molecule is CC/C=C\C/C=C\C/C=C\CCCCCCCCCC(=O)OC(COCCC(C(=O)[O-])[N+](C)(C)C)COC(=O)CCCCCCC/C=C\C/C=C\CCCC. The van der Waals surface area contributed by atoms with Crippen LogP contribution in [0.15, 0.2) is 60.8 Å². The molecule has 0 saturated heterocycles. The number of hydrogen-bond acceptors (Lipinski definition) is 7. The number of allylic oxidation sites excluding steroid dienone is 10. The third-order valence-corrected chi connectivity index (χ3v) is 9.39. The molecule has 2 atom stereocenters. The molecule has 0 aliphatic rings. The predicted octanol–water partition coefficient (Wildman–Crippen LogP) is 10.5. The highest BCUT2D eigenvalue weighted by atomic mass is 16.6. The first kappa shape index (κ1) is 52.0. The smallest absolute Gasteiger partial charge is 0.306 e. The van der Waals surface area contributed by atoms with E-state index in [9.17, 15) is 19.5 Å². The van der Waals surface area contributed by atoms with Crippen LogP contribution in [0.3, 0.4) is 0 Å². The van der Waals surface area contributed by atoms with E-state index in [0.29, 0.717) is 12.8 Å². The molecule has 2 unspecified atom stereocenters. The number of aliphatic carboxylic acids is 1. The average molecular weight is 772 g/mol. The lowest BCUT2D eigenvalue weighted by atomic mass is 10.1. The van der Waals surface area contributed by atoms with Crippen molar-refractivity contribution in [2.45, 2.75) is 180 Å².